The minimum atomic E-state index is 0.881. The third kappa shape index (κ3) is 2.94. The van der Waals surface area contributed by atoms with Gasteiger partial charge >= 0.3 is 0 Å². The fourth-order valence-electron chi connectivity index (χ4n) is 3.12. The summed E-state index contributed by atoms with van der Waals surface area (Å²) in [5, 5.41) is 7.18. The number of fused-ring (bicyclic) bond motifs is 1. The van der Waals surface area contributed by atoms with Gasteiger partial charge in [0, 0.05) is 6.04 Å². The van der Waals surface area contributed by atoms with Crippen LogP contribution in [0.15, 0.2) is 0 Å². The summed E-state index contributed by atoms with van der Waals surface area (Å²) in [6.45, 7) is 3.72. The van der Waals surface area contributed by atoms with Crippen molar-refractivity contribution in [3.05, 3.63) is 0 Å². The van der Waals surface area contributed by atoms with Crippen LogP contribution < -0.4 is 10.6 Å². The molecule has 3 saturated carbocycles. The van der Waals surface area contributed by atoms with Gasteiger partial charge in [-0.3, -0.25) is 0 Å². The molecule has 3 rings (SSSR count). The van der Waals surface area contributed by atoms with Crippen LogP contribution in [0.3, 0.4) is 0 Å². The molecule has 2 atom stereocenters. The molecule has 0 heterocycles. The zero-order valence-electron chi connectivity index (χ0n) is 9.67. The molecule has 2 unspecified atom stereocenters. The molecule has 0 spiro atoms. The number of hydrogen-bond acceptors (Lipinski definition) is 2. The Kier molecular flexibility index (Phi) is 2.98. The van der Waals surface area contributed by atoms with E-state index in [-0.39, 0.29) is 0 Å². The smallest absolute Gasteiger partial charge is 0.00682 e. The summed E-state index contributed by atoms with van der Waals surface area (Å²) < 4.78 is 0. The average Bonchev–Trinajstić information content (AvgIpc) is 3.14. The molecule has 0 aromatic carbocycles. The van der Waals surface area contributed by atoms with Gasteiger partial charge in [0.25, 0.3) is 0 Å². The fourth-order valence-corrected chi connectivity index (χ4v) is 3.12. The van der Waals surface area contributed by atoms with Crippen LogP contribution in [0.25, 0.3) is 0 Å². The molecule has 0 bridgehead atoms. The van der Waals surface area contributed by atoms with Gasteiger partial charge in [-0.05, 0) is 75.9 Å². The largest absolute Gasteiger partial charge is 0.316 e. The van der Waals surface area contributed by atoms with Crippen LogP contribution in [0.4, 0.5) is 0 Å². The summed E-state index contributed by atoms with van der Waals surface area (Å²) in [5.41, 5.74) is 0. The Labute approximate surface area is 93.2 Å². The van der Waals surface area contributed by atoms with Crippen molar-refractivity contribution < 1.29 is 0 Å². The topological polar surface area (TPSA) is 24.1 Å². The van der Waals surface area contributed by atoms with Gasteiger partial charge in [-0.15, -0.1) is 0 Å². The van der Waals surface area contributed by atoms with E-state index in [1.807, 2.05) is 0 Å². The Morgan fingerprint density at radius 2 is 1.73 bits per heavy atom. The van der Waals surface area contributed by atoms with E-state index >= 15 is 0 Å². The average molecular weight is 208 g/mol. The molecule has 3 fully saturated rings. The molecule has 0 aromatic heterocycles. The Hall–Kier alpha value is -0.0800. The lowest BCUT2D eigenvalue weighted by Crippen LogP contribution is -2.26. The lowest BCUT2D eigenvalue weighted by Gasteiger charge is -2.12. The second-order valence-electron chi connectivity index (χ2n) is 5.88. The third-order valence-electron chi connectivity index (χ3n) is 4.31. The highest BCUT2D eigenvalue weighted by atomic mass is 14.9. The Morgan fingerprint density at radius 1 is 0.933 bits per heavy atom. The maximum atomic E-state index is 3.62. The molecular formula is C13H24N2. The van der Waals surface area contributed by atoms with Crippen molar-refractivity contribution >= 4 is 0 Å². The van der Waals surface area contributed by atoms with Crippen LogP contribution in [0, 0.1) is 17.8 Å². The van der Waals surface area contributed by atoms with Crippen molar-refractivity contribution in [2.45, 2.75) is 44.6 Å². The van der Waals surface area contributed by atoms with Crippen LogP contribution in [-0.2, 0) is 0 Å². The lowest BCUT2D eigenvalue weighted by molar-refractivity contribution is 0.443. The summed E-state index contributed by atoms with van der Waals surface area (Å²) in [7, 11) is 0. The maximum Gasteiger partial charge on any atom is 0.00682 e. The van der Waals surface area contributed by atoms with E-state index in [1.165, 1.54) is 51.7 Å². The molecule has 0 aromatic rings. The van der Waals surface area contributed by atoms with Crippen LogP contribution in [-0.4, -0.2) is 25.7 Å². The highest BCUT2D eigenvalue weighted by molar-refractivity contribution is 4.96. The molecule has 86 valence electrons. The summed E-state index contributed by atoms with van der Waals surface area (Å²) >= 11 is 0. The van der Waals surface area contributed by atoms with Crippen LogP contribution >= 0.6 is 0 Å². The van der Waals surface area contributed by atoms with Crippen LogP contribution in [0.5, 0.6) is 0 Å². The van der Waals surface area contributed by atoms with Crippen molar-refractivity contribution in [3.63, 3.8) is 0 Å². The standard InChI is InChI=1S/C13H24N2/c1(5-15-13-2-3-13)4-14-9-10-6-11-8-12(11)7-10/h10-15H,1-9H2. The van der Waals surface area contributed by atoms with E-state index in [4.69, 9.17) is 0 Å². The molecular weight excluding hydrogens is 184 g/mol. The van der Waals surface area contributed by atoms with Crippen molar-refractivity contribution in [2.75, 3.05) is 19.6 Å². The maximum absolute atomic E-state index is 3.62. The minimum absolute atomic E-state index is 0.881. The highest BCUT2D eigenvalue weighted by Crippen LogP contribution is 2.54. The second-order valence-corrected chi connectivity index (χ2v) is 5.88. The SMILES string of the molecule is C(CNCC1CC2CC2C1)CNC1CC1. The third-order valence-corrected chi connectivity index (χ3v) is 4.31. The summed E-state index contributed by atoms with van der Waals surface area (Å²) in [6.07, 6.45) is 8.74. The molecule has 15 heavy (non-hydrogen) atoms. The highest BCUT2D eigenvalue weighted by Gasteiger charge is 2.45. The van der Waals surface area contributed by atoms with Gasteiger partial charge in [-0.1, -0.05) is 0 Å². The van der Waals surface area contributed by atoms with Crippen molar-refractivity contribution in [1.82, 2.24) is 10.6 Å². The molecule has 2 heteroatoms. The van der Waals surface area contributed by atoms with E-state index < -0.39 is 0 Å². The molecule has 2 N–H and O–H groups in total. The van der Waals surface area contributed by atoms with Gasteiger partial charge in [0.1, 0.15) is 0 Å². The Morgan fingerprint density at radius 3 is 2.47 bits per heavy atom. The molecule has 0 amide bonds. The molecule has 2 nitrogen and oxygen atoms in total. The molecule has 0 saturated heterocycles. The second kappa shape index (κ2) is 4.42. The van der Waals surface area contributed by atoms with Crippen LogP contribution in [0.2, 0.25) is 0 Å². The van der Waals surface area contributed by atoms with E-state index in [0.717, 1.165) is 23.8 Å². The number of rotatable bonds is 7. The first-order chi connectivity index (χ1) is 7.42. The first-order valence-electron chi connectivity index (χ1n) is 6.86. The van der Waals surface area contributed by atoms with Crippen molar-refractivity contribution in [3.8, 4) is 0 Å². The Balaban J connectivity index is 1.16. The predicted octanol–water partition coefficient (Wildman–Crippen LogP) is 1.76. The number of hydrogen-bond donors (Lipinski definition) is 2. The first kappa shape index (κ1) is 10.1. The van der Waals surface area contributed by atoms with Gasteiger partial charge < -0.3 is 10.6 Å². The Bertz CT molecular complexity index is 203. The summed E-state index contributed by atoms with van der Waals surface area (Å²) in [6, 6.07) is 0.881. The fraction of sp³-hybridized carbons (Fsp3) is 1.00. The lowest BCUT2D eigenvalue weighted by atomic mass is 10.0. The minimum Gasteiger partial charge on any atom is -0.316 e. The zero-order chi connectivity index (χ0) is 10.1. The normalized spacial score (nSPS) is 38.0. The molecule has 3 aliphatic carbocycles. The monoisotopic (exact) mass is 208 g/mol. The van der Waals surface area contributed by atoms with E-state index in [0.29, 0.717) is 0 Å². The number of nitrogens with one attached hydrogen (secondary N) is 2. The summed E-state index contributed by atoms with van der Waals surface area (Å²) in [5.74, 6) is 3.31. The van der Waals surface area contributed by atoms with E-state index in [2.05, 4.69) is 10.6 Å². The molecule has 0 aliphatic heterocycles. The van der Waals surface area contributed by atoms with Gasteiger partial charge in [-0.25, -0.2) is 0 Å². The first-order valence-corrected chi connectivity index (χ1v) is 6.86. The zero-order valence-corrected chi connectivity index (χ0v) is 9.67. The van der Waals surface area contributed by atoms with Gasteiger partial charge in [0.05, 0.1) is 0 Å². The van der Waals surface area contributed by atoms with Gasteiger partial charge in [-0.2, -0.15) is 0 Å². The quantitative estimate of drug-likeness (QED) is 0.623. The van der Waals surface area contributed by atoms with E-state index in [9.17, 15) is 0 Å². The summed E-state index contributed by atoms with van der Waals surface area (Å²) in [4.78, 5) is 0. The van der Waals surface area contributed by atoms with Gasteiger partial charge in [0.15, 0.2) is 0 Å². The van der Waals surface area contributed by atoms with Crippen molar-refractivity contribution in [1.29, 1.82) is 0 Å². The molecule has 3 aliphatic rings. The van der Waals surface area contributed by atoms with Crippen molar-refractivity contribution in [2.24, 2.45) is 17.8 Å². The van der Waals surface area contributed by atoms with Crippen LogP contribution in [0.1, 0.15) is 38.5 Å². The van der Waals surface area contributed by atoms with Gasteiger partial charge in [0.2, 0.25) is 0 Å². The predicted molar refractivity (Wildman–Crippen MR) is 62.8 cm³/mol. The van der Waals surface area contributed by atoms with E-state index in [1.54, 1.807) is 6.42 Å². The molecule has 0 radical (unpaired) electrons.